The van der Waals surface area contributed by atoms with Crippen molar-refractivity contribution in [3.8, 4) is 0 Å². The van der Waals surface area contributed by atoms with Gasteiger partial charge in [-0.1, -0.05) is 18.6 Å². The van der Waals surface area contributed by atoms with Gasteiger partial charge in [0.05, 0.1) is 0 Å². The van der Waals surface area contributed by atoms with Crippen LogP contribution in [0.2, 0.25) is 0 Å². The topological polar surface area (TPSA) is 45.7 Å². The average Bonchev–Trinajstić information content (AvgIpc) is 2.56. The van der Waals surface area contributed by atoms with E-state index in [1.54, 1.807) is 18.9 Å². The highest BCUT2D eigenvalue weighted by Gasteiger charge is 2.36. The lowest BCUT2D eigenvalue weighted by atomic mass is 9.67. The van der Waals surface area contributed by atoms with Crippen molar-refractivity contribution in [3.63, 3.8) is 0 Å². The SMILES string of the molecule is CN=C(NCc1ccc(SC)cc1)NCC1(CCOC)CCC1.I. The van der Waals surface area contributed by atoms with Gasteiger partial charge in [0.1, 0.15) is 0 Å². The number of ether oxygens (including phenoxy) is 1. The molecule has 1 aliphatic carbocycles. The molecule has 1 aromatic rings. The van der Waals surface area contributed by atoms with Gasteiger partial charge in [0.25, 0.3) is 0 Å². The molecular formula is C18H30IN3OS. The Morgan fingerprint density at radius 1 is 1.25 bits per heavy atom. The lowest BCUT2D eigenvalue weighted by molar-refractivity contribution is 0.0732. The van der Waals surface area contributed by atoms with Crippen LogP contribution in [0.15, 0.2) is 34.2 Å². The Kier molecular flexibility index (Phi) is 10.1. The summed E-state index contributed by atoms with van der Waals surface area (Å²) in [5.74, 6) is 0.877. The summed E-state index contributed by atoms with van der Waals surface area (Å²) in [5, 5.41) is 6.89. The first-order valence-corrected chi connectivity index (χ1v) is 9.50. The van der Waals surface area contributed by atoms with E-state index in [4.69, 9.17) is 4.74 Å². The molecule has 0 saturated heterocycles. The van der Waals surface area contributed by atoms with E-state index in [9.17, 15) is 0 Å². The van der Waals surface area contributed by atoms with Crippen LogP contribution in [0.3, 0.4) is 0 Å². The van der Waals surface area contributed by atoms with Gasteiger partial charge < -0.3 is 15.4 Å². The lowest BCUT2D eigenvalue weighted by Gasteiger charge is -2.42. The third-order valence-corrected chi connectivity index (χ3v) is 5.47. The highest BCUT2D eigenvalue weighted by atomic mass is 127. The number of aliphatic imine (C=N–C) groups is 1. The van der Waals surface area contributed by atoms with Crippen molar-refractivity contribution in [1.82, 2.24) is 10.6 Å². The van der Waals surface area contributed by atoms with E-state index in [2.05, 4.69) is 46.1 Å². The van der Waals surface area contributed by atoms with Gasteiger partial charge in [0.15, 0.2) is 5.96 Å². The minimum absolute atomic E-state index is 0. The largest absolute Gasteiger partial charge is 0.385 e. The van der Waals surface area contributed by atoms with Crippen LogP contribution in [0.1, 0.15) is 31.2 Å². The van der Waals surface area contributed by atoms with Crippen molar-refractivity contribution >= 4 is 41.7 Å². The van der Waals surface area contributed by atoms with Gasteiger partial charge in [0.2, 0.25) is 0 Å². The van der Waals surface area contributed by atoms with Crippen LogP contribution in [0.5, 0.6) is 0 Å². The van der Waals surface area contributed by atoms with E-state index in [0.29, 0.717) is 5.41 Å². The Hall–Kier alpha value is -0.470. The molecule has 0 unspecified atom stereocenters. The molecule has 1 saturated carbocycles. The van der Waals surface area contributed by atoms with Crippen molar-refractivity contribution < 1.29 is 4.74 Å². The summed E-state index contributed by atoms with van der Waals surface area (Å²) in [6, 6.07) is 8.65. The minimum atomic E-state index is 0. The van der Waals surface area contributed by atoms with Gasteiger partial charge in [-0.25, -0.2) is 0 Å². The zero-order valence-electron chi connectivity index (χ0n) is 14.9. The molecule has 0 bridgehead atoms. The number of rotatable bonds is 8. The number of nitrogens with one attached hydrogen (secondary N) is 2. The molecule has 0 amide bonds. The molecule has 6 heteroatoms. The third kappa shape index (κ3) is 6.44. The molecule has 2 N–H and O–H groups in total. The maximum atomic E-state index is 5.26. The molecule has 0 heterocycles. The molecule has 4 nitrogen and oxygen atoms in total. The maximum Gasteiger partial charge on any atom is 0.191 e. The van der Waals surface area contributed by atoms with Gasteiger partial charge in [-0.05, 0) is 48.6 Å². The summed E-state index contributed by atoms with van der Waals surface area (Å²) in [6.07, 6.45) is 7.13. The summed E-state index contributed by atoms with van der Waals surface area (Å²) >= 11 is 1.77. The molecule has 1 aliphatic rings. The second-order valence-corrected chi connectivity index (χ2v) is 7.10. The molecule has 0 atom stereocenters. The predicted molar refractivity (Wildman–Crippen MR) is 115 cm³/mol. The molecule has 136 valence electrons. The van der Waals surface area contributed by atoms with Crippen molar-refractivity contribution in [1.29, 1.82) is 0 Å². The smallest absolute Gasteiger partial charge is 0.191 e. The van der Waals surface area contributed by atoms with Crippen molar-refractivity contribution in [2.75, 3.05) is 33.6 Å². The van der Waals surface area contributed by atoms with Crippen molar-refractivity contribution in [3.05, 3.63) is 29.8 Å². The van der Waals surface area contributed by atoms with Crippen LogP contribution in [0.4, 0.5) is 0 Å². The fourth-order valence-electron chi connectivity index (χ4n) is 2.93. The van der Waals surface area contributed by atoms with Crippen LogP contribution >= 0.6 is 35.7 Å². The summed E-state index contributed by atoms with van der Waals surface area (Å²) in [4.78, 5) is 5.63. The zero-order valence-corrected chi connectivity index (χ0v) is 18.1. The second-order valence-electron chi connectivity index (χ2n) is 6.22. The summed E-state index contributed by atoms with van der Waals surface area (Å²) in [6.45, 7) is 2.61. The van der Waals surface area contributed by atoms with Crippen molar-refractivity contribution in [2.24, 2.45) is 10.4 Å². The van der Waals surface area contributed by atoms with E-state index in [1.807, 2.05) is 7.05 Å². The van der Waals surface area contributed by atoms with E-state index < -0.39 is 0 Å². The molecule has 24 heavy (non-hydrogen) atoms. The Morgan fingerprint density at radius 3 is 2.46 bits per heavy atom. The molecule has 1 fully saturated rings. The van der Waals surface area contributed by atoms with Gasteiger partial charge in [-0.15, -0.1) is 35.7 Å². The second kappa shape index (κ2) is 11.2. The number of thioether (sulfide) groups is 1. The predicted octanol–water partition coefficient (Wildman–Crippen LogP) is 3.90. The molecule has 1 aromatic carbocycles. The highest BCUT2D eigenvalue weighted by Crippen LogP contribution is 2.43. The van der Waals surface area contributed by atoms with Crippen molar-refractivity contribution in [2.45, 2.75) is 37.1 Å². The van der Waals surface area contributed by atoms with Crippen LogP contribution < -0.4 is 10.6 Å². The average molecular weight is 463 g/mol. The molecule has 0 aliphatic heterocycles. The molecule has 0 spiro atoms. The fraction of sp³-hybridized carbons (Fsp3) is 0.611. The Labute approximate surface area is 167 Å². The number of benzene rings is 1. The normalized spacial score (nSPS) is 16.0. The number of methoxy groups -OCH3 is 1. The monoisotopic (exact) mass is 463 g/mol. The van der Waals surface area contributed by atoms with Gasteiger partial charge in [-0.2, -0.15) is 0 Å². The van der Waals surface area contributed by atoms with E-state index in [0.717, 1.165) is 32.1 Å². The quantitative estimate of drug-likeness (QED) is 0.266. The van der Waals surface area contributed by atoms with E-state index in [1.165, 1.54) is 29.7 Å². The number of hydrogen-bond donors (Lipinski definition) is 2. The summed E-state index contributed by atoms with van der Waals surface area (Å²) < 4.78 is 5.26. The van der Waals surface area contributed by atoms with Crippen LogP contribution in [-0.2, 0) is 11.3 Å². The van der Waals surface area contributed by atoms with Gasteiger partial charge >= 0.3 is 0 Å². The standard InChI is InChI=1S/C18H29N3OS.HI/c1-19-17(20-13-15-5-7-16(23-3)8-6-15)21-14-18(9-4-10-18)11-12-22-2;/h5-8H,4,9-14H2,1-3H3,(H2,19,20,21);1H. The highest BCUT2D eigenvalue weighted by molar-refractivity contribution is 14.0. The third-order valence-electron chi connectivity index (χ3n) is 4.72. The van der Waals surface area contributed by atoms with Crippen LogP contribution in [0, 0.1) is 5.41 Å². The molecular weight excluding hydrogens is 433 g/mol. The number of guanidine groups is 1. The first-order valence-electron chi connectivity index (χ1n) is 8.28. The lowest BCUT2D eigenvalue weighted by Crippen LogP contribution is -2.46. The molecule has 0 aromatic heterocycles. The van der Waals surface area contributed by atoms with E-state index in [-0.39, 0.29) is 24.0 Å². The number of hydrogen-bond acceptors (Lipinski definition) is 3. The van der Waals surface area contributed by atoms with Crippen LogP contribution in [0.25, 0.3) is 0 Å². The fourth-order valence-corrected chi connectivity index (χ4v) is 3.34. The minimum Gasteiger partial charge on any atom is -0.385 e. The summed E-state index contributed by atoms with van der Waals surface area (Å²) in [5.41, 5.74) is 1.66. The molecule has 0 radical (unpaired) electrons. The number of nitrogens with zero attached hydrogens (tertiary/aromatic N) is 1. The Morgan fingerprint density at radius 2 is 1.96 bits per heavy atom. The maximum absolute atomic E-state index is 5.26. The van der Waals surface area contributed by atoms with E-state index >= 15 is 0 Å². The van der Waals surface area contributed by atoms with Gasteiger partial charge in [-0.3, -0.25) is 4.99 Å². The zero-order chi connectivity index (χ0) is 16.5. The van der Waals surface area contributed by atoms with Crippen LogP contribution in [-0.4, -0.2) is 39.5 Å². The first kappa shape index (κ1) is 21.6. The van der Waals surface area contributed by atoms with Gasteiger partial charge in [0, 0.05) is 38.7 Å². The first-order chi connectivity index (χ1) is 11.2. The number of halogens is 1. The Bertz CT molecular complexity index is 503. The Balaban J connectivity index is 0.00000288. The molecule has 2 rings (SSSR count). The summed E-state index contributed by atoms with van der Waals surface area (Å²) in [7, 11) is 3.61.